The zero-order valence-corrected chi connectivity index (χ0v) is 12.3. The van der Waals surface area contributed by atoms with E-state index < -0.39 is 9.84 Å². The summed E-state index contributed by atoms with van der Waals surface area (Å²) in [7, 11) is -0.886. The van der Waals surface area contributed by atoms with Gasteiger partial charge in [0.1, 0.15) is 0 Å². The molecule has 0 saturated carbocycles. The zero-order chi connectivity index (χ0) is 13.0. The molecule has 1 N–H and O–H groups in total. The van der Waals surface area contributed by atoms with Crippen molar-refractivity contribution in [2.45, 2.75) is 31.6 Å². The van der Waals surface area contributed by atoms with Crippen LogP contribution in [0.5, 0.6) is 0 Å². The second-order valence-electron chi connectivity index (χ2n) is 4.83. The molecule has 1 unspecified atom stereocenters. The van der Waals surface area contributed by atoms with Gasteiger partial charge in [-0.05, 0) is 39.3 Å². The van der Waals surface area contributed by atoms with Gasteiger partial charge in [-0.25, -0.2) is 13.4 Å². The first-order chi connectivity index (χ1) is 8.61. The Morgan fingerprint density at radius 2 is 2.39 bits per heavy atom. The maximum absolute atomic E-state index is 11.6. The SMILES string of the molecule is CNCCCc1cnc(C2CCCS(=O)(=O)C2)s1. The molecule has 2 heterocycles. The first-order valence-corrected chi connectivity index (χ1v) is 9.04. The summed E-state index contributed by atoms with van der Waals surface area (Å²) in [6.45, 7) is 1.01. The van der Waals surface area contributed by atoms with Crippen LogP contribution in [0, 0.1) is 0 Å². The van der Waals surface area contributed by atoms with Crippen LogP contribution in [0.1, 0.15) is 35.1 Å². The molecule has 18 heavy (non-hydrogen) atoms. The van der Waals surface area contributed by atoms with Gasteiger partial charge in [-0.1, -0.05) is 0 Å². The average molecular weight is 288 g/mol. The Bertz CT molecular complexity index is 482. The fourth-order valence-corrected chi connectivity index (χ4v) is 5.19. The molecule has 1 aliphatic heterocycles. The molecule has 1 atom stereocenters. The van der Waals surface area contributed by atoms with E-state index in [1.165, 1.54) is 4.88 Å². The minimum absolute atomic E-state index is 0.131. The quantitative estimate of drug-likeness (QED) is 0.836. The van der Waals surface area contributed by atoms with Crippen LogP contribution in [0.2, 0.25) is 0 Å². The normalized spacial score (nSPS) is 23.1. The minimum Gasteiger partial charge on any atom is -0.320 e. The number of sulfone groups is 1. The topological polar surface area (TPSA) is 59.1 Å². The molecular weight excluding hydrogens is 268 g/mol. The van der Waals surface area contributed by atoms with E-state index in [4.69, 9.17) is 0 Å². The highest BCUT2D eigenvalue weighted by molar-refractivity contribution is 7.91. The van der Waals surface area contributed by atoms with Gasteiger partial charge in [0, 0.05) is 17.0 Å². The number of hydrogen-bond acceptors (Lipinski definition) is 5. The lowest BCUT2D eigenvalue weighted by Gasteiger charge is -2.19. The molecule has 102 valence electrons. The van der Waals surface area contributed by atoms with E-state index in [0.29, 0.717) is 5.75 Å². The fourth-order valence-electron chi connectivity index (χ4n) is 2.28. The van der Waals surface area contributed by atoms with Gasteiger partial charge in [-0.15, -0.1) is 11.3 Å². The first kappa shape index (κ1) is 14.0. The lowest BCUT2D eigenvalue weighted by Crippen LogP contribution is -2.23. The first-order valence-electron chi connectivity index (χ1n) is 6.40. The van der Waals surface area contributed by atoms with Gasteiger partial charge in [0.05, 0.1) is 16.5 Å². The number of nitrogens with one attached hydrogen (secondary N) is 1. The van der Waals surface area contributed by atoms with E-state index in [2.05, 4.69) is 10.3 Å². The summed E-state index contributed by atoms with van der Waals surface area (Å²) >= 11 is 1.69. The lowest BCUT2D eigenvalue weighted by atomic mass is 10.1. The number of aryl methyl sites for hydroxylation is 1. The van der Waals surface area contributed by atoms with Crippen molar-refractivity contribution in [1.82, 2.24) is 10.3 Å². The van der Waals surface area contributed by atoms with Crippen LogP contribution < -0.4 is 5.32 Å². The van der Waals surface area contributed by atoms with Crippen LogP contribution in [-0.4, -0.2) is 38.5 Å². The smallest absolute Gasteiger partial charge is 0.151 e. The third kappa shape index (κ3) is 3.76. The largest absolute Gasteiger partial charge is 0.320 e. The molecule has 4 nitrogen and oxygen atoms in total. The second-order valence-corrected chi connectivity index (χ2v) is 8.20. The summed E-state index contributed by atoms with van der Waals surface area (Å²) in [6.07, 6.45) is 5.78. The van der Waals surface area contributed by atoms with Crippen molar-refractivity contribution in [1.29, 1.82) is 0 Å². The summed E-state index contributed by atoms with van der Waals surface area (Å²) in [5.41, 5.74) is 0. The standard InChI is InChI=1S/C12H20N2O2S2/c1-13-6-2-5-11-8-14-12(17-11)10-4-3-7-18(15,16)9-10/h8,10,13H,2-7,9H2,1H3. The number of nitrogens with zero attached hydrogens (tertiary/aromatic N) is 1. The Hall–Kier alpha value is -0.460. The molecule has 0 amide bonds. The Labute approximate surface area is 113 Å². The maximum Gasteiger partial charge on any atom is 0.151 e. The van der Waals surface area contributed by atoms with Crippen molar-refractivity contribution < 1.29 is 8.42 Å². The van der Waals surface area contributed by atoms with E-state index in [-0.39, 0.29) is 11.7 Å². The van der Waals surface area contributed by atoms with Crippen LogP contribution in [0.4, 0.5) is 0 Å². The van der Waals surface area contributed by atoms with Crippen molar-refractivity contribution in [2.24, 2.45) is 0 Å². The molecule has 6 heteroatoms. The van der Waals surface area contributed by atoms with Crippen LogP contribution in [-0.2, 0) is 16.3 Å². The molecule has 0 aliphatic carbocycles. The number of hydrogen-bond donors (Lipinski definition) is 1. The Balaban J connectivity index is 1.97. The second kappa shape index (κ2) is 6.12. The molecule has 0 bridgehead atoms. The Morgan fingerprint density at radius 1 is 1.56 bits per heavy atom. The zero-order valence-electron chi connectivity index (χ0n) is 10.7. The number of aromatic nitrogens is 1. The van der Waals surface area contributed by atoms with Crippen molar-refractivity contribution in [3.8, 4) is 0 Å². The van der Waals surface area contributed by atoms with Gasteiger partial charge in [-0.3, -0.25) is 0 Å². The highest BCUT2D eigenvalue weighted by atomic mass is 32.2. The highest BCUT2D eigenvalue weighted by Gasteiger charge is 2.27. The molecule has 1 aromatic rings. The van der Waals surface area contributed by atoms with Gasteiger partial charge >= 0.3 is 0 Å². The van der Waals surface area contributed by atoms with Gasteiger partial charge in [0.2, 0.25) is 0 Å². The van der Waals surface area contributed by atoms with Crippen LogP contribution in [0.25, 0.3) is 0 Å². The van der Waals surface area contributed by atoms with Crippen LogP contribution in [0.3, 0.4) is 0 Å². The van der Waals surface area contributed by atoms with Crippen LogP contribution >= 0.6 is 11.3 Å². The summed E-state index contributed by atoms with van der Waals surface area (Å²) in [5.74, 6) is 0.771. The van der Waals surface area contributed by atoms with Gasteiger partial charge in [-0.2, -0.15) is 0 Å². The fraction of sp³-hybridized carbons (Fsp3) is 0.750. The predicted molar refractivity (Wildman–Crippen MR) is 75.0 cm³/mol. The van der Waals surface area contributed by atoms with Gasteiger partial charge < -0.3 is 5.32 Å². The molecule has 0 spiro atoms. The van der Waals surface area contributed by atoms with E-state index in [9.17, 15) is 8.42 Å². The van der Waals surface area contributed by atoms with Crippen LogP contribution in [0.15, 0.2) is 6.20 Å². The Morgan fingerprint density at radius 3 is 3.11 bits per heavy atom. The van der Waals surface area contributed by atoms with Gasteiger partial charge in [0.15, 0.2) is 9.84 Å². The van der Waals surface area contributed by atoms with Crippen molar-refractivity contribution >= 4 is 21.2 Å². The lowest BCUT2D eigenvalue weighted by molar-refractivity contribution is 0.553. The predicted octanol–water partition coefficient (Wildman–Crippen LogP) is 1.59. The van der Waals surface area contributed by atoms with Crippen molar-refractivity contribution in [3.05, 3.63) is 16.1 Å². The van der Waals surface area contributed by atoms with Gasteiger partial charge in [0.25, 0.3) is 0 Å². The molecule has 1 aromatic heterocycles. The maximum atomic E-state index is 11.6. The molecular formula is C12H20N2O2S2. The molecule has 0 radical (unpaired) electrons. The average Bonchev–Trinajstić information content (AvgIpc) is 2.77. The van der Waals surface area contributed by atoms with E-state index in [1.54, 1.807) is 11.3 Å². The molecule has 2 rings (SSSR count). The van der Waals surface area contributed by atoms with Crippen molar-refractivity contribution in [2.75, 3.05) is 25.1 Å². The summed E-state index contributed by atoms with van der Waals surface area (Å²) < 4.78 is 23.2. The highest BCUT2D eigenvalue weighted by Crippen LogP contribution is 2.31. The molecule has 1 saturated heterocycles. The number of thiazole rings is 1. The van der Waals surface area contributed by atoms with E-state index in [0.717, 1.165) is 37.2 Å². The monoisotopic (exact) mass is 288 g/mol. The minimum atomic E-state index is -2.84. The third-order valence-electron chi connectivity index (χ3n) is 3.23. The summed E-state index contributed by atoms with van der Waals surface area (Å²) in [5, 5.41) is 4.14. The molecule has 0 aromatic carbocycles. The summed E-state index contributed by atoms with van der Waals surface area (Å²) in [4.78, 5) is 5.68. The molecule has 1 aliphatic rings. The van der Waals surface area contributed by atoms with Crippen molar-refractivity contribution in [3.63, 3.8) is 0 Å². The Kier molecular flexibility index (Phi) is 4.75. The van der Waals surface area contributed by atoms with E-state index >= 15 is 0 Å². The third-order valence-corrected chi connectivity index (χ3v) is 6.27. The summed E-state index contributed by atoms with van der Waals surface area (Å²) in [6, 6.07) is 0. The van der Waals surface area contributed by atoms with E-state index in [1.807, 2.05) is 13.2 Å². The number of rotatable bonds is 5. The molecule has 1 fully saturated rings.